The predicted molar refractivity (Wildman–Crippen MR) is 93.0 cm³/mol. The Labute approximate surface area is 164 Å². The van der Waals surface area contributed by atoms with Crippen LogP contribution in [0.15, 0.2) is 23.1 Å². The summed E-state index contributed by atoms with van der Waals surface area (Å²) < 4.78 is 66.1. The van der Waals surface area contributed by atoms with Gasteiger partial charge in [-0.25, -0.2) is 8.42 Å². The van der Waals surface area contributed by atoms with Gasteiger partial charge in [0.1, 0.15) is 0 Å². The Balaban J connectivity index is 1.73. The SMILES string of the molecule is O=C(NC1CC1)C(=O)N1CCN(S(=O)(=O)c2ccc(Cl)cc2C(F)(F)F)CC1. The molecule has 2 fully saturated rings. The zero-order chi connectivity index (χ0) is 20.7. The summed E-state index contributed by atoms with van der Waals surface area (Å²) in [5.41, 5.74) is -1.35. The fourth-order valence-corrected chi connectivity index (χ4v) is 4.62. The number of carbonyl (C=O) groups is 2. The fraction of sp³-hybridized carbons (Fsp3) is 0.500. The van der Waals surface area contributed by atoms with Gasteiger partial charge in [-0.2, -0.15) is 17.5 Å². The lowest BCUT2D eigenvalue weighted by molar-refractivity contribution is -0.146. The number of benzene rings is 1. The molecule has 154 valence electrons. The third-order valence-electron chi connectivity index (χ3n) is 4.50. The number of hydrogen-bond donors (Lipinski definition) is 1. The Morgan fingerprint density at radius 3 is 2.25 bits per heavy atom. The number of carbonyl (C=O) groups excluding carboxylic acids is 2. The average Bonchev–Trinajstić information content (AvgIpc) is 3.44. The molecule has 1 saturated heterocycles. The number of hydrogen-bond acceptors (Lipinski definition) is 4. The minimum absolute atomic E-state index is 0.00353. The van der Waals surface area contributed by atoms with Crippen molar-refractivity contribution in [2.24, 2.45) is 0 Å². The van der Waals surface area contributed by atoms with Gasteiger partial charge in [-0.15, -0.1) is 0 Å². The van der Waals surface area contributed by atoms with Crippen molar-refractivity contribution in [2.75, 3.05) is 26.2 Å². The van der Waals surface area contributed by atoms with E-state index in [9.17, 15) is 31.2 Å². The maximum atomic E-state index is 13.3. The molecule has 12 heteroatoms. The number of nitrogens with zero attached hydrogens (tertiary/aromatic N) is 2. The summed E-state index contributed by atoms with van der Waals surface area (Å²) in [6, 6.07) is 2.47. The summed E-state index contributed by atoms with van der Waals surface area (Å²) >= 11 is 5.59. The molecule has 28 heavy (non-hydrogen) atoms. The molecule has 1 aliphatic heterocycles. The van der Waals surface area contributed by atoms with E-state index >= 15 is 0 Å². The van der Waals surface area contributed by atoms with Gasteiger partial charge in [0.2, 0.25) is 10.0 Å². The summed E-state index contributed by atoms with van der Waals surface area (Å²) in [5.74, 6) is -1.53. The second-order valence-corrected chi connectivity index (χ2v) is 8.93. The number of alkyl halides is 3. The highest BCUT2D eigenvalue weighted by Gasteiger charge is 2.40. The van der Waals surface area contributed by atoms with Crippen LogP contribution in [0.2, 0.25) is 5.02 Å². The summed E-state index contributed by atoms with van der Waals surface area (Å²) in [6.07, 6.45) is -3.27. The van der Waals surface area contributed by atoms with Crippen LogP contribution >= 0.6 is 11.6 Å². The molecule has 2 amide bonds. The third kappa shape index (κ3) is 4.41. The minimum atomic E-state index is -4.90. The lowest BCUT2D eigenvalue weighted by Gasteiger charge is -2.34. The average molecular weight is 440 g/mol. The Morgan fingerprint density at radius 1 is 1.11 bits per heavy atom. The number of amides is 2. The largest absolute Gasteiger partial charge is 0.417 e. The fourth-order valence-electron chi connectivity index (χ4n) is 2.84. The van der Waals surface area contributed by atoms with Crippen molar-refractivity contribution in [3.8, 4) is 0 Å². The molecule has 0 spiro atoms. The summed E-state index contributed by atoms with van der Waals surface area (Å²) in [7, 11) is -4.45. The van der Waals surface area contributed by atoms with E-state index in [0.29, 0.717) is 6.07 Å². The normalized spacial score (nSPS) is 18.8. The zero-order valence-electron chi connectivity index (χ0n) is 14.5. The van der Waals surface area contributed by atoms with Gasteiger partial charge in [-0.1, -0.05) is 11.6 Å². The van der Waals surface area contributed by atoms with E-state index < -0.39 is 38.5 Å². The smallest absolute Gasteiger partial charge is 0.345 e. The number of rotatable bonds is 3. The molecule has 1 aromatic rings. The van der Waals surface area contributed by atoms with E-state index in [1.54, 1.807) is 0 Å². The van der Waals surface area contributed by atoms with Gasteiger partial charge in [0, 0.05) is 37.2 Å². The van der Waals surface area contributed by atoms with E-state index in [-0.39, 0.29) is 37.2 Å². The van der Waals surface area contributed by atoms with E-state index in [2.05, 4.69) is 5.32 Å². The highest BCUT2D eigenvalue weighted by molar-refractivity contribution is 7.89. The molecular formula is C16H17ClF3N3O4S. The maximum Gasteiger partial charge on any atom is 0.417 e. The number of sulfonamides is 1. The summed E-state index contributed by atoms with van der Waals surface area (Å²) in [6.45, 7) is -0.619. The molecule has 1 aromatic carbocycles. The van der Waals surface area contributed by atoms with Crippen LogP contribution in [0.3, 0.4) is 0 Å². The van der Waals surface area contributed by atoms with Gasteiger partial charge >= 0.3 is 18.0 Å². The molecule has 1 heterocycles. The molecule has 0 unspecified atom stereocenters. The van der Waals surface area contributed by atoms with Crippen molar-refractivity contribution < 1.29 is 31.2 Å². The van der Waals surface area contributed by atoms with Crippen LogP contribution in [0, 0.1) is 0 Å². The van der Waals surface area contributed by atoms with Gasteiger partial charge in [0.15, 0.2) is 0 Å². The van der Waals surface area contributed by atoms with Crippen LogP contribution in [-0.2, 0) is 25.8 Å². The highest BCUT2D eigenvalue weighted by Crippen LogP contribution is 2.37. The second kappa shape index (κ2) is 7.53. The van der Waals surface area contributed by atoms with Gasteiger partial charge in [0.05, 0.1) is 10.5 Å². The molecule has 0 atom stereocenters. The lowest BCUT2D eigenvalue weighted by atomic mass is 10.2. The second-order valence-electron chi connectivity index (χ2n) is 6.58. The highest BCUT2D eigenvalue weighted by atomic mass is 35.5. The van der Waals surface area contributed by atoms with Crippen molar-refractivity contribution in [2.45, 2.75) is 30.0 Å². The maximum absolute atomic E-state index is 13.3. The molecule has 7 nitrogen and oxygen atoms in total. The lowest BCUT2D eigenvalue weighted by Crippen LogP contribution is -2.54. The van der Waals surface area contributed by atoms with Crippen molar-refractivity contribution in [1.29, 1.82) is 0 Å². The van der Waals surface area contributed by atoms with Crippen LogP contribution in [-0.4, -0.2) is 61.7 Å². The Morgan fingerprint density at radius 2 is 1.71 bits per heavy atom. The van der Waals surface area contributed by atoms with E-state index in [1.807, 2.05) is 0 Å². The first-order valence-electron chi connectivity index (χ1n) is 8.47. The standard InChI is InChI=1S/C16H17ClF3N3O4S/c17-10-1-4-13(12(9-10)16(18,19)20)28(26,27)23-7-5-22(6-8-23)15(25)14(24)21-11-2-3-11/h1,4,9,11H,2-3,5-8H2,(H,21,24). The third-order valence-corrected chi connectivity index (χ3v) is 6.69. The Bertz CT molecular complexity index is 895. The Kier molecular flexibility index (Phi) is 5.61. The minimum Gasteiger partial charge on any atom is -0.345 e. The van der Waals surface area contributed by atoms with Gasteiger partial charge in [-0.3, -0.25) is 9.59 Å². The molecule has 0 radical (unpaired) electrons. The van der Waals surface area contributed by atoms with Crippen molar-refractivity contribution in [3.05, 3.63) is 28.8 Å². The molecular weight excluding hydrogens is 423 g/mol. The summed E-state index contributed by atoms with van der Waals surface area (Å²) in [5, 5.41) is 2.32. The van der Waals surface area contributed by atoms with Crippen LogP contribution in [0.5, 0.6) is 0 Å². The van der Waals surface area contributed by atoms with Crippen LogP contribution in [0.4, 0.5) is 13.2 Å². The first kappa shape index (κ1) is 20.9. The molecule has 1 saturated carbocycles. The van der Waals surface area contributed by atoms with Crippen LogP contribution < -0.4 is 5.32 Å². The van der Waals surface area contributed by atoms with Gasteiger partial charge in [-0.05, 0) is 31.0 Å². The molecule has 0 bridgehead atoms. The summed E-state index contributed by atoms with van der Waals surface area (Å²) in [4.78, 5) is 24.2. The number of piperazine rings is 1. The first-order valence-corrected chi connectivity index (χ1v) is 10.3. The zero-order valence-corrected chi connectivity index (χ0v) is 16.1. The monoisotopic (exact) mass is 439 g/mol. The molecule has 0 aromatic heterocycles. The molecule has 3 rings (SSSR count). The van der Waals surface area contributed by atoms with Gasteiger partial charge in [0.25, 0.3) is 0 Å². The number of halogens is 4. The Hall–Kier alpha value is -1.85. The van der Waals surface area contributed by atoms with Crippen molar-refractivity contribution in [3.63, 3.8) is 0 Å². The number of nitrogens with one attached hydrogen (secondary N) is 1. The molecule has 1 aliphatic carbocycles. The van der Waals surface area contributed by atoms with Crippen molar-refractivity contribution in [1.82, 2.24) is 14.5 Å². The predicted octanol–water partition coefficient (Wildman–Crippen LogP) is 1.47. The van der Waals surface area contributed by atoms with Crippen molar-refractivity contribution >= 4 is 33.4 Å². The first-order chi connectivity index (χ1) is 13.0. The topological polar surface area (TPSA) is 86.8 Å². The van der Waals surface area contributed by atoms with E-state index in [4.69, 9.17) is 11.6 Å². The van der Waals surface area contributed by atoms with E-state index in [1.165, 1.54) is 4.90 Å². The van der Waals surface area contributed by atoms with Gasteiger partial charge < -0.3 is 10.2 Å². The van der Waals surface area contributed by atoms with E-state index in [0.717, 1.165) is 29.3 Å². The van der Waals surface area contributed by atoms with Crippen LogP contribution in [0.1, 0.15) is 18.4 Å². The van der Waals surface area contributed by atoms with Crippen LogP contribution in [0.25, 0.3) is 0 Å². The molecule has 2 aliphatic rings. The molecule has 1 N–H and O–H groups in total. The quantitative estimate of drug-likeness (QED) is 0.723.